The normalized spacial score (nSPS) is 10.7. The Balaban J connectivity index is 1.65. The van der Waals surface area contributed by atoms with Gasteiger partial charge >= 0.3 is 5.97 Å². The quantitative estimate of drug-likeness (QED) is 0.622. The van der Waals surface area contributed by atoms with E-state index >= 15 is 0 Å². The topological polar surface area (TPSA) is 73.2 Å². The van der Waals surface area contributed by atoms with E-state index in [4.69, 9.17) is 4.74 Å². The SMILES string of the molecule is Cc1ccc(Cn2nc(C)c(C(=O)OCC(=O)Nc3cc(F)ccc3F)c2C)cc1. The number of aryl methyl sites for hydroxylation is 2. The van der Waals surface area contributed by atoms with Crippen molar-refractivity contribution in [3.05, 3.63) is 82.2 Å². The summed E-state index contributed by atoms with van der Waals surface area (Å²) >= 11 is 0. The maximum atomic E-state index is 13.6. The second-order valence-electron chi connectivity index (χ2n) is 6.94. The van der Waals surface area contributed by atoms with Crippen molar-refractivity contribution in [1.82, 2.24) is 9.78 Å². The second-order valence-corrected chi connectivity index (χ2v) is 6.94. The number of hydrogen-bond donors (Lipinski definition) is 1. The van der Waals surface area contributed by atoms with E-state index in [0.717, 1.165) is 29.3 Å². The summed E-state index contributed by atoms with van der Waals surface area (Å²) in [5.41, 5.74) is 3.20. The molecule has 0 aliphatic carbocycles. The van der Waals surface area contributed by atoms with Gasteiger partial charge in [-0.1, -0.05) is 29.8 Å². The first-order chi connectivity index (χ1) is 14.2. The number of anilines is 1. The number of benzene rings is 2. The van der Waals surface area contributed by atoms with Crippen molar-refractivity contribution >= 4 is 17.6 Å². The number of hydrogen-bond acceptors (Lipinski definition) is 4. The third kappa shape index (κ3) is 4.89. The number of halogens is 2. The zero-order valence-corrected chi connectivity index (χ0v) is 16.8. The molecular weight excluding hydrogens is 392 g/mol. The van der Waals surface area contributed by atoms with Gasteiger partial charge in [0.05, 0.1) is 23.6 Å². The zero-order chi connectivity index (χ0) is 21.8. The van der Waals surface area contributed by atoms with Crippen LogP contribution in [0.25, 0.3) is 0 Å². The number of amides is 1. The van der Waals surface area contributed by atoms with Crippen LogP contribution in [0.4, 0.5) is 14.5 Å². The standard InChI is InChI=1S/C22H21F2N3O3/c1-13-4-6-16(7-5-13)11-27-15(3)21(14(2)26-27)22(29)30-12-20(28)25-19-10-17(23)8-9-18(19)24/h4-10H,11-12H2,1-3H3,(H,25,28). The molecule has 0 saturated carbocycles. The minimum atomic E-state index is -0.792. The molecule has 8 heteroatoms. The van der Waals surface area contributed by atoms with Crippen LogP contribution < -0.4 is 5.32 Å². The molecule has 0 atom stereocenters. The third-order valence-electron chi connectivity index (χ3n) is 4.58. The van der Waals surface area contributed by atoms with Crippen LogP contribution >= 0.6 is 0 Å². The number of ether oxygens (including phenoxy) is 1. The molecule has 0 radical (unpaired) electrons. The van der Waals surface area contributed by atoms with Crippen molar-refractivity contribution in [2.75, 3.05) is 11.9 Å². The van der Waals surface area contributed by atoms with Crippen LogP contribution in [0.15, 0.2) is 42.5 Å². The minimum absolute atomic E-state index is 0.270. The summed E-state index contributed by atoms with van der Waals surface area (Å²) in [5, 5.41) is 6.57. The summed E-state index contributed by atoms with van der Waals surface area (Å²) < 4.78 is 33.5. The fraction of sp³-hybridized carbons (Fsp3) is 0.227. The Morgan fingerprint density at radius 2 is 1.77 bits per heavy atom. The van der Waals surface area contributed by atoms with Gasteiger partial charge in [-0.15, -0.1) is 0 Å². The van der Waals surface area contributed by atoms with Crippen LogP contribution in [-0.2, 0) is 16.1 Å². The number of carbonyl (C=O) groups is 2. The molecule has 0 aliphatic rings. The van der Waals surface area contributed by atoms with E-state index in [-0.39, 0.29) is 11.3 Å². The summed E-state index contributed by atoms with van der Waals surface area (Å²) in [4.78, 5) is 24.4. The number of nitrogens with one attached hydrogen (secondary N) is 1. The maximum Gasteiger partial charge on any atom is 0.342 e. The second kappa shape index (κ2) is 8.86. The van der Waals surface area contributed by atoms with Gasteiger partial charge in [0.2, 0.25) is 0 Å². The molecular formula is C22H21F2N3O3. The first-order valence-corrected chi connectivity index (χ1v) is 9.26. The largest absolute Gasteiger partial charge is 0.452 e. The Kier molecular flexibility index (Phi) is 6.25. The molecule has 30 heavy (non-hydrogen) atoms. The first kappa shape index (κ1) is 21.2. The Labute approximate surface area is 172 Å². The van der Waals surface area contributed by atoms with Crippen molar-refractivity contribution in [3.8, 4) is 0 Å². The molecule has 0 fully saturated rings. The van der Waals surface area contributed by atoms with Crippen LogP contribution in [0.3, 0.4) is 0 Å². The van der Waals surface area contributed by atoms with E-state index in [1.807, 2.05) is 31.2 Å². The molecule has 2 aromatic carbocycles. The van der Waals surface area contributed by atoms with E-state index in [2.05, 4.69) is 10.4 Å². The highest BCUT2D eigenvalue weighted by atomic mass is 19.1. The van der Waals surface area contributed by atoms with Crippen molar-refractivity contribution in [2.24, 2.45) is 0 Å². The molecule has 6 nitrogen and oxygen atoms in total. The lowest BCUT2D eigenvalue weighted by Gasteiger charge is -2.08. The fourth-order valence-corrected chi connectivity index (χ4v) is 3.00. The highest BCUT2D eigenvalue weighted by Gasteiger charge is 2.21. The monoisotopic (exact) mass is 413 g/mol. The lowest BCUT2D eigenvalue weighted by molar-refractivity contribution is -0.119. The highest BCUT2D eigenvalue weighted by molar-refractivity contribution is 5.96. The van der Waals surface area contributed by atoms with Crippen molar-refractivity contribution < 1.29 is 23.1 Å². The predicted octanol–water partition coefficient (Wildman–Crippen LogP) is 3.93. The zero-order valence-electron chi connectivity index (χ0n) is 16.8. The summed E-state index contributed by atoms with van der Waals surface area (Å²) in [6, 6.07) is 10.6. The molecule has 0 aliphatic heterocycles. The molecule has 0 spiro atoms. The van der Waals surface area contributed by atoms with Crippen molar-refractivity contribution in [3.63, 3.8) is 0 Å². The Morgan fingerprint density at radius 3 is 2.47 bits per heavy atom. The third-order valence-corrected chi connectivity index (χ3v) is 4.58. The molecule has 1 heterocycles. The van der Waals surface area contributed by atoms with Gasteiger partial charge in [-0.2, -0.15) is 5.10 Å². The average Bonchev–Trinajstić information content (AvgIpc) is 2.98. The first-order valence-electron chi connectivity index (χ1n) is 9.26. The van der Waals surface area contributed by atoms with E-state index < -0.39 is 30.1 Å². The van der Waals surface area contributed by atoms with Crippen LogP contribution in [0.5, 0.6) is 0 Å². The van der Waals surface area contributed by atoms with E-state index in [1.54, 1.807) is 18.5 Å². The van der Waals surface area contributed by atoms with Crippen molar-refractivity contribution in [2.45, 2.75) is 27.3 Å². The smallest absolute Gasteiger partial charge is 0.342 e. The molecule has 156 valence electrons. The minimum Gasteiger partial charge on any atom is -0.452 e. The molecule has 1 aromatic heterocycles. The van der Waals surface area contributed by atoms with Crippen molar-refractivity contribution in [1.29, 1.82) is 0 Å². The summed E-state index contributed by atoms with van der Waals surface area (Å²) in [7, 11) is 0. The molecule has 3 rings (SSSR count). The molecule has 0 bridgehead atoms. The Morgan fingerprint density at radius 1 is 1.07 bits per heavy atom. The van der Waals surface area contributed by atoms with E-state index in [1.165, 1.54) is 0 Å². The molecule has 1 amide bonds. The Hall–Kier alpha value is -3.55. The number of aromatic nitrogens is 2. The van der Waals surface area contributed by atoms with Gasteiger partial charge in [0.1, 0.15) is 17.2 Å². The van der Waals surface area contributed by atoms with Gasteiger partial charge in [-0.05, 0) is 38.5 Å². The van der Waals surface area contributed by atoms with Crippen LogP contribution in [0.1, 0.15) is 32.9 Å². The summed E-state index contributed by atoms with van der Waals surface area (Å²) in [5.74, 6) is -2.98. The fourth-order valence-electron chi connectivity index (χ4n) is 3.00. The van der Waals surface area contributed by atoms with E-state index in [0.29, 0.717) is 17.9 Å². The van der Waals surface area contributed by atoms with Crippen LogP contribution in [0.2, 0.25) is 0 Å². The Bertz CT molecular complexity index is 1090. The van der Waals surface area contributed by atoms with Gasteiger partial charge in [0, 0.05) is 6.07 Å². The number of carbonyl (C=O) groups excluding carboxylic acids is 2. The van der Waals surface area contributed by atoms with Gasteiger partial charge < -0.3 is 10.1 Å². The number of esters is 1. The average molecular weight is 413 g/mol. The summed E-state index contributed by atoms with van der Waals surface area (Å²) in [6.45, 7) is 5.26. The van der Waals surface area contributed by atoms with Crippen LogP contribution in [0, 0.1) is 32.4 Å². The lowest BCUT2D eigenvalue weighted by atomic mass is 10.1. The molecule has 1 N–H and O–H groups in total. The number of rotatable bonds is 6. The van der Waals surface area contributed by atoms with Gasteiger partial charge in [-0.25, -0.2) is 13.6 Å². The maximum absolute atomic E-state index is 13.6. The van der Waals surface area contributed by atoms with Gasteiger partial charge in [0.25, 0.3) is 5.91 Å². The molecule has 0 saturated heterocycles. The predicted molar refractivity (Wildman–Crippen MR) is 107 cm³/mol. The molecule has 0 unspecified atom stereocenters. The van der Waals surface area contributed by atoms with E-state index in [9.17, 15) is 18.4 Å². The summed E-state index contributed by atoms with van der Waals surface area (Å²) in [6.07, 6.45) is 0. The van der Waals surface area contributed by atoms with Gasteiger partial charge in [0.15, 0.2) is 6.61 Å². The highest BCUT2D eigenvalue weighted by Crippen LogP contribution is 2.17. The van der Waals surface area contributed by atoms with Crippen LogP contribution in [-0.4, -0.2) is 28.3 Å². The lowest BCUT2D eigenvalue weighted by Crippen LogP contribution is -2.22. The molecule has 3 aromatic rings. The number of nitrogens with zero attached hydrogens (tertiary/aromatic N) is 2. The van der Waals surface area contributed by atoms with Gasteiger partial charge in [-0.3, -0.25) is 9.48 Å².